The highest BCUT2D eigenvalue weighted by Crippen LogP contribution is 2.65. The molecule has 2 aliphatic carbocycles. The van der Waals surface area contributed by atoms with Crippen LogP contribution in [-0.4, -0.2) is 16.5 Å². The number of para-hydroxylation sites is 4. The van der Waals surface area contributed by atoms with E-state index in [1.165, 1.54) is 44.5 Å². The Labute approximate surface area is 466 Å². The van der Waals surface area contributed by atoms with Crippen molar-refractivity contribution in [2.45, 2.75) is 20.6 Å². The molecule has 0 bridgehead atoms. The van der Waals surface area contributed by atoms with Crippen molar-refractivity contribution in [3.8, 4) is 22.3 Å². The largest absolute Gasteiger partial charge is 0.310 e. The van der Waals surface area contributed by atoms with Crippen molar-refractivity contribution >= 4 is 72.8 Å². The van der Waals surface area contributed by atoms with Crippen molar-refractivity contribution in [3.63, 3.8) is 0 Å². The first-order chi connectivity index (χ1) is 39.5. The Morgan fingerprint density at radius 3 is 0.850 bits per heavy atom. The van der Waals surface area contributed by atoms with E-state index in [-0.39, 0.29) is 0 Å². The molecule has 0 N–H and O–H groups in total. The van der Waals surface area contributed by atoms with E-state index in [1.54, 1.807) is 0 Å². The molecule has 0 aromatic heterocycles. The third-order valence-corrected chi connectivity index (χ3v) is 25.4. The molecule has 4 nitrogen and oxygen atoms in total. The molecule has 0 fully saturated rings. The lowest BCUT2D eigenvalue weighted by atomic mass is 9.64. The van der Waals surface area contributed by atoms with Gasteiger partial charge < -0.3 is 9.80 Å². The molecule has 80 heavy (non-hydrogen) atoms. The van der Waals surface area contributed by atoms with Gasteiger partial charge in [-0.2, -0.15) is 20.7 Å². The summed E-state index contributed by atoms with van der Waals surface area (Å²) in [6, 6.07) is 104. The van der Waals surface area contributed by atoms with Gasteiger partial charge in [0.25, 0.3) is 0 Å². The summed E-state index contributed by atoms with van der Waals surface area (Å²) >= 11 is 0. The summed E-state index contributed by atoms with van der Waals surface area (Å²) in [5, 5.41) is 3.93. The Bertz CT molecular complexity index is 4240. The minimum Gasteiger partial charge on any atom is -0.310 e. The third-order valence-electron chi connectivity index (χ3n) is 18.3. The lowest BCUT2D eigenvalue weighted by molar-refractivity contribution is 0.596. The van der Waals surface area contributed by atoms with Gasteiger partial charge in [0, 0.05) is 21.2 Å². The molecule has 377 valence electrons. The van der Waals surface area contributed by atoms with Crippen LogP contribution in [0, 0.1) is 0 Å². The number of fused-ring (bicyclic) bond motifs is 20. The Morgan fingerprint density at radius 1 is 0.275 bits per heavy atom. The Morgan fingerprint density at radius 2 is 0.537 bits per heavy atom. The molecule has 0 atom stereocenters. The maximum absolute atomic E-state index is 16.6. The minimum atomic E-state index is -4.24. The molecule has 5 aliphatic rings. The van der Waals surface area contributed by atoms with Gasteiger partial charge >= 0.3 is 0 Å². The van der Waals surface area contributed by atoms with Crippen molar-refractivity contribution < 1.29 is 8.42 Å². The van der Waals surface area contributed by atoms with Crippen molar-refractivity contribution in [2.75, 3.05) is 9.80 Å². The molecule has 0 saturated heterocycles. The number of benzene rings is 12. The van der Waals surface area contributed by atoms with E-state index < -0.39 is 28.7 Å². The fraction of sp³-hybridized carbons (Fsp3) is 0.0270. The van der Waals surface area contributed by atoms with Gasteiger partial charge in [0.05, 0.1) is 33.6 Å². The Balaban J connectivity index is 0.913. The second kappa shape index (κ2) is 16.5. The van der Waals surface area contributed by atoms with E-state index in [9.17, 15) is 0 Å². The second-order valence-corrected chi connectivity index (χ2v) is 27.4. The quantitative estimate of drug-likeness (QED) is 0.165. The molecule has 0 saturated carbocycles. The van der Waals surface area contributed by atoms with Crippen LogP contribution in [-0.2, 0) is 20.7 Å². The highest BCUT2D eigenvalue weighted by molar-refractivity contribution is 7.92. The SMILES string of the molecule is O=S1(=O)c2cc(N3c4ccccc4C4(c5ccccc5-c5ccccc54)c4ccccc43)ccc2[Si-](c2ccccc2)(c2ccccc2)c2ccc(N3c4ccccc4C4(c5ccccc5-c5ccccc54)c4ccccc43)cc21. The maximum atomic E-state index is 16.6. The average Bonchev–Trinajstić information content (AvgIpc) is 3.70. The van der Waals surface area contributed by atoms with Gasteiger partial charge in [-0.25, -0.2) is 8.42 Å². The van der Waals surface area contributed by atoms with Crippen molar-refractivity contribution in [2.24, 2.45) is 0 Å². The van der Waals surface area contributed by atoms with E-state index in [0.717, 1.165) is 77.1 Å². The molecule has 0 unspecified atom stereocenters. The minimum absolute atomic E-state index is 0.336. The molecular formula is C74H48N2O2SSi-. The molecule has 3 aliphatic heterocycles. The van der Waals surface area contributed by atoms with E-state index >= 15 is 8.42 Å². The number of anilines is 6. The predicted molar refractivity (Wildman–Crippen MR) is 327 cm³/mol. The summed E-state index contributed by atoms with van der Waals surface area (Å²) in [4.78, 5) is 5.30. The summed E-state index contributed by atoms with van der Waals surface area (Å²) in [5.74, 6) is 0. The third kappa shape index (κ3) is 5.56. The zero-order valence-electron chi connectivity index (χ0n) is 43.3. The van der Waals surface area contributed by atoms with Gasteiger partial charge in [-0.05, 0) is 123 Å². The van der Waals surface area contributed by atoms with Gasteiger partial charge in [-0.1, -0.05) is 243 Å². The number of sulfone groups is 1. The summed E-state index contributed by atoms with van der Waals surface area (Å²) in [5.41, 5.74) is 18.9. The number of nitrogens with zero attached hydrogens (tertiary/aromatic N) is 2. The number of rotatable bonds is 4. The molecule has 17 rings (SSSR count). The molecule has 6 heteroatoms. The number of hydrogen-bond acceptors (Lipinski definition) is 4. The van der Waals surface area contributed by atoms with Gasteiger partial charge in [0.15, 0.2) is 0 Å². The summed E-state index contributed by atoms with van der Waals surface area (Å²) in [7, 11) is -7.67. The van der Waals surface area contributed by atoms with Crippen LogP contribution < -0.4 is 30.5 Å². The van der Waals surface area contributed by atoms with Crippen LogP contribution in [0.25, 0.3) is 22.3 Å². The first kappa shape index (κ1) is 45.4. The summed E-state index contributed by atoms with van der Waals surface area (Å²) in [6.07, 6.45) is 0. The predicted octanol–water partition coefficient (Wildman–Crippen LogP) is 14.5. The highest BCUT2D eigenvalue weighted by atomic mass is 32.2. The van der Waals surface area contributed by atoms with E-state index in [2.05, 4.69) is 289 Å². The van der Waals surface area contributed by atoms with Crippen LogP contribution in [0.15, 0.2) is 301 Å². The van der Waals surface area contributed by atoms with Crippen LogP contribution in [0.4, 0.5) is 34.1 Å². The van der Waals surface area contributed by atoms with Crippen LogP contribution in [0.5, 0.6) is 0 Å². The molecule has 2 spiro atoms. The lowest BCUT2D eigenvalue weighted by Crippen LogP contribution is -2.77. The molecule has 12 aromatic rings. The standard InChI is InChI=1S/C74H48N2O2SSi/c77-79(78)69-47-49(75-65-39-19-15-35-61(65)73(62-36-16-20-40-66(62)75)57-31-11-7-27-53(57)54-28-8-12-32-58(54)73)43-45-71(69)80(51-23-3-1-4-24-51,52-25-5-2-6-26-52)72-46-44-50(48-70(72)79)76-67-41-21-17-37-63(67)74(64-38-18-22-42-68(64)76)59-33-13-9-29-55(59)56-30-10-14-34-60(56)74/h1-48H/q-1. The van der Waals surface area contributed by atoms with Crippen molar-refractivity contribution in [3.05, 3.63) is 336 Å². The molecule has 0 amide bonds. The first-order valence-corrected chi connectivity index (χ1v) is 31.0. The van der Waals surface area contributed by atoms with Crippen molar-refractivity contribution in [1.82, 2.24) is 0 Å². The summed E-state index contributed by atoms with van der Waals surface area (Å²) in [6.45, 7) is 0. The molecule has 12 aromatic carbocycles. The van der Waals surface area contributed by atoms with Crippen LogP contribution in [0.3, 0.4) is 0 Å². The van der Waals surface area contributed by atoms with Crippen LogP contribution in [0.1, 0.15) is 44.5 Å². The topological polar surface area (TPSA) is 40.6 Å². The molecule has 3 heterocycles. The lowest BCUT2D eigenvalue weighted by Gasteiger charge is -2.52. The van der Waals surface area contributed by atoms with Gasteiger partial charge in [0.1, 0.15) is 0 Å². The monoisotopic (exact) mass is 1060 g/mol. The smallest absolute Gasteiger partial charge is 0.201 e. The van der Waals surface area contributed by atoms with Crippen LogP contribution >= 0.6 is 0 Å². The fourth-order valence-electron chi connectivity index (χ4n) is 15.5. The van der Waals surface area contributed by atoms with E-state index in [0.29, 0.717) is 9.79 Å². The zero-order valence-corrected chi connectivity index (χ0v) is 45.1. The van der Waals surface area contributed by atoms with Gasteiger partial charge in [-0.15, -0.1) is 0 Å². The average molecular weight is 1060 g/mol. The maximum Gasteiger partial charge on any atom is 0.201 e. The van der Waals surface area contributed by atoms with E-state index in [1.807, 2.05) is 12.1 Å². The zero-order chi connectivity index (χ0) is 53.0. The number of hydrogen-bond donors (Lipinski definition) is 0. The molecular weight excluding hydrogens is 1010 g/mol. The highest BCUT2D eigenvalue weighted by Gasteiger charge is 2.54. The fourth-order valence-corrected chi connectivity index (χ4v) is 23.5. The Hall–Kier alpha value is -9.59. The molecule has 0 radical (unpaired) electrons. The second-order valence-electron chi connectivity index (χ2n) is 21.8. The van der Waals surface area contributed by atoms with Gasteiger partial charge in [0.2, 0.25) is 9.84 Å². The Kier molecular flexibility index (Phi) is 9.36. The normalized spacial score (nSPS) is 15.9. The van der Waals surface area contributed by atoms with Crippen LogP contribution in [0.2, 0.25) is 0 Å². The summed E-state index contributed by atoms with van der Waals surface area (Å²) < 4.78 is 33.3. The first-order valence-electron chi connectivity index (χ1n) is 27.5. The van der Waals surface area contributed by atoms with Gasteiger partial charge in [-0.3, -0.25) is 0 Å². The van der Waals surface area contributed by atoms with E-state index in [4.69, 9.17) is 0 Å². The van der Waals surface area contributed by atoms with Crippen molar-refractivity contribution in [1.29, 1.82) is 0 Å².